The zero-order chi connectivity index (χ0) is 17.0. The number of piperidine rings is 1. The van der Waals surface area contributed by atoms with Gasteiger partial charge < -0.3 is 9.64 Å². The Morgan fingerprint density at radius 1 is 1.17 bits per heavy atom. The minimum atomic E-state index is -3.58. The third-order valence-corrected chi connectivity index (χ3v) is 5.30. The average Bonchev–Trinajstić information content (AvgIpc) is 2.54. The summed E-state index contributed by atoms with van der Waals surface area (Å²) in [4.78, 5) is 14.4. The van der Waals surface area contributed by atoms with Gasteiger partial charge in [0.15, 0.2) is 0 Å². The maximum Gasteiger partial charge on any atom is 0.246 e. The van der Waals surface area contributed by atoms with Crippen LogP contribution in [-0.4, -0.2) is 51.7 Å². The third kappa shape index (κ3) is 4.16. The van der Waals surface area contributed by atoms with Crippen LogP contribution in [0.25, 0.3) is 0 Å². The lowest BCUT2D eigenvalue weighted by Crippen LogP contribution is -2.50. The van der Waals surface area contributed by atoms with Crippen molar-refractivity contribution in [3.8, 4) is 5.75 Å². The van der Waals surface area contributed by atoms with Gasteiger partial charge >= 0.3 is 0 Å². The first-order valence-corrected chi connectivity index (χ1v) is 9.61. The Hall–Kier alpha value is -1.76. The van der Waals surface area contributed by atoms with Crippen LogP contribution < -0.4 is 9.04 Å². The van der Waals surface area contributed by atoms with Crippen molar-refractivity contribution in [1.29, 1.82) is 0 Å². The van der Waals surface area contributed by atoms with Crippen molar-refractivity contribution in [3.05, 3.63) is 24.3 Å². The Bertz CT molecular complexity index is 637. The van der Waals surface area contributed by atoms with Crippen molar-refractivity contribution in [2.45, 2.75) is 32.2 Å². The quantitative estimate of drug-likeness (QED) is 0.820. The van der Waals surface area contributed by atoms with Crippen LogP contribution in [-0.2, 0) is 14.8 Å². The van der Waals surface area contributed by atoms with Gasteiger partial charge in [0.25, 0.3) is 0 Å². The van der Waals surface area contributed by atoms with Gasteiger partial charge in [-0.05, 0) is 50.5 Å². The Morgan fingerprint density at radius 3 is 2.22 bits per heavy atom. The molecular weight excluding hydrogens is 316 g/mol. The molecule has 0 N–H and O–H groups in total. The molecule has 1 atom stereocenters. The van der Waals surface area contributed by atoms with Crippen LogP contribution in [0.3, 0.4) is 0 Å². The summed E-state index contributed by atoms with van der Waals surface area (Å²) in [5, 5.41) is 0. The number of ether oxygens (including phenoxy) is 1. The molecule has 0 bridgehead atoms. The predicted octanol–water partition coefficient (Wildman–Crippen LogP) is 1.86. The summed E-state index contributed by atoms with van der Waals surface area (Å²) in [5.41, 5.74) is 0.464. The second-order valence-electron chi connectivity index (χ2n) is 5.82. The fourth-order valence-corrected chi connectivity index (χ4v) is 4.08. The molecule has 0 aliphatic carbocycles. The van der Waals surface area contributed by atoms with E-state index in [4.69, 9.17) is 4.74 Å². The Labute approximate surface area is 138 Å². The average molecular weight is 340 g/mol. The number of hydrogen-bond donors (Lipinski definition) is 0. The molecule has 0 unspecified atom stereocenters. The molecule has 0 spiro atoms. The van der Waals surface area contributed by atoms with Crippen molar-refractivity contribution in [2.75, 3.05) is 30.8 Å². The fraction of sp³-hybridized carbons (Fsp3) is 0.562. The van der Waals surface area contributed by atoms with E-state index in [0.29, 0.717) is 24.5 Å². The molecule has 1 aromatic rings. The highest BCUT2D eigenvalue weighted by atomic mass is 32.2. The SMILES string of the molecule is COc1ccc(N([C@H](C)C(=O)N2CCCCC2)S(C)(=O)=O)cc1. The molecule has 23 heavy (non-hydrogen) atoms. The van der Waals surface area contributed by atoms with Crippen molar-refractivity contribution >= 4 is 21.6 Å². The van der Waals surface area contributed by atoms with E-state index in [1.807, 2.05) is 0 Å². The number of carbonyl (C=O) groups is 1. The van der Waals surface area contributed by atoms with Crippen molar-refractivity contribution in [2.24, 2.45) is 0 Å². The molecule has 1 saturated heterocycles. The van der Waals surface area contributed by atoms with Gasteiger partial charge in [-0.2, -0.15) is 0 Å². The molecule has 0 aromatic heterocycles. The van der Waals surface area contributed by atoms with E-state index in [-0.39, 0.29) is 5.91 Å². The minimum Gasteiger partial charge on any atom is -0.497 e. The van der Waals surface area contributed by atoms with Crippen LogP contribution in [0, 0.1) is 0 Å². The lowest BCUT2D eigenvalue weighted by atomic mass is 10.1. The highest BCUT2D eigenvalue weighted by molar-refractivity contribution is 7.92. The number of methoxy groups -OCH3 is 1. The van der Waals surface area contributed by atoms with Gasteiger partial charge in [0.1, 0.15) is 11.8 Å². The molecule has 7 heteroatoms. The van der Waals surface area contributed by atoms with Gasteiger partial charge in [0.2, 0.25) is 15.9 Å². The molecule has 1 aliphatic rings. The smallest absolute Gasteiger partial charge is 0.246 e. The van der Waals surface area contributed by atoms with Gasteiger partial charge in [-0.25, -0.2) is 8.42 Å². The second kappa shape index (κ2) is 7.21. The number of sulfonamides is 1. The lowest BCUT2D eigenvalue weighted by Gasteiger charge is -2.34. The molecule has 0 radical (unpaired) electrons. The molecule has 1 fully saturated rings. The lowest BCUT2D eigenvalue weighted by molar-refractivity contribution is -0.132. The van der Waals surface area contributed by atoms with Gasteiger partial charge in [0, 0.05) is 13.1 Å². The molecular formula is C16H24N2O4S. The molecule has 128 valence electrons. The van der Waals surface area contributed by atoms with E-state index in [1.165, 1.54) is 4.31 Å². The number of amides is 1. The first-order chi connectivity index (χ1) is 10.8. The van der Waals surface area contributed by atoms with Crippen LogP contribution in [0.2, 0.25) is 0 Å². The van der Waals surface area contributed by atoms with E-state index >= 15 is 0 Å². The number of benzene rings is 1. The highest BCUT2D eigenvalue weighted by Crippen LogP contribution is 2.25. The first kappa shape index (κ1) is 17.6. The molecule has 1 heterocycles. The van der Waals surface area contributed by atoms with Gasteiger partial charge in [0.05, 0.1) is 19.1 Å². The topological polar surface area (TPSA) is 66.9 Å². The first-order valence-electron chi connectivity index (χ1n) is 7.77. The number of anilines is 1. The number of hydrogen-bond acceptors (Lipinski definition) is 4. The summed E-state index contributed by atoms with van der Waals surface area (Å²) in [6, 6.07) is 5.91. The van der Waals surface area contributed by atoms with Crippen molar-refractivity contribution < 1.29 is 17.9 Å². The molecule has 6 nitrogen and oxygen atoms in total. The van der Waals surface area contributed by atoms with Gasteiger partial charge in [-0.3, -0.25) is 9.10 Å². The maximum atomic E-state index is 12.7. The molecule has 0 saturated carbocycles. The summed E-state index contributed by atoms with van der Waals surface area (Å²) in [6.45, 7) is 3.04. The monoisotopic (exact) mass is 340 g/mol. The Balaban J connectivity index is 2.28. The number of carbonyl (C=O) groups excluding carboxylic acids is 1. The molecule has 1 aliphatic heterocycles. The summed E-state index contributed by atoms with van der Waals surface area (Å²) in [5.74, 6) is 0.489. The summed E-state index contributed by atoms with van der Waals surface area (Å²) in [7, 11) is -2.03. The summed E-state index contributed by atoms with van der Waals surface area (Å²) >= 11 is 0. The number of rotatable bonds is 5. The maximum absolute atomic E-state index is 12.7. The Kier molecular flexibility index (Phi) is 5.51. The molecule has 1 amide bonds. The number of nitrogens with zero attached hydrogens (tertiary/aromatic N) is 2. The highest BCUT2D eigenvalue weighted by Gasteiger charge is 2.32. The van der Waals surface area contributed by atoms with Crippen molar-refractivity contribution in [1.82, 2.24) is 4.90 Å². The van der Waals surface area contributed by atoms with Crippen LogP contribution in [0.15, 0.2) is 24.3 Å². The van der Waals surface area contributed by atoms with Crippen LogP contribution in [0.1, 0.15) is 26.2 Å². The van der Waals surface area contributed by atoms with Crippen LogP contribution >= 0.6 is 0 Å². The zero-order valence-corrected chi connectivity index (χ0v) is 14.7. The van der Waals surface area contributed by atoms with Gasteiger partial charge in [-0.15, -0.1) is 0 Å². The van der Waals surface area contributed by atoms with E-state index in [1.54, 1.807) is 43.2 Å². The summed E-state index contributed by atoms with van der Waals surface area (Å²) < 4.78 is 30.8. The third-order valence-electron chi connectivity index (χ3n) is 4.06. The van der Waals surface area contributed by atoms with Crippen LogP contribution in [0.5, 0.6) is 5.75 Å². The Morgan fingerprint density at radius 2 is 1.74 bits per heavy atom. The van der Waals surface area contributed by atoms with Gasteiger partial charge in [-0.1, -0.05) is 0 Å². The van der Waals surface area contributed by atoms with E-state index in [2.05, 4.69) is 0 Å². The minimum absolute atomic E-state index is 0.147. The zero-order valence-electron chi connectivity index (χ0n) is 13.9. The standard InChI is InChI=1S/C16H24N2O4S/c1-13(16(19)17-11-5-4-6-12-17)18(23(3,20)21)14-7-9-15(22-2)10-8-14/h7-10,13H,4-6,11-12H2,1-3H3/t13-/m1/s1. The van der Waals surface area contributed by atoms with E-state index < -0.39 is 16.1 Å². The normalized spacial score (nSPS) is 16.7. The predicted molar refractivity (Wildman–Crippen MR) is 90.2 cm³/mol. The molecule has 1 aromatic carbocycles. The molecule has 2 rings (SSSR count). The largest absolute Gasteiger partial charge is 0.497 e. The van der Waals surface area contributed by atoms with Crippen molar-refractivity contribution in [3.63, 3.8) is 0 Å². The van der Waals surface area contributed by atoms with E-state index in [9.17, 15) is 13.2 Å². The second-order valence-corrected chi connectivity index (χ2v) is 7.68. The fourth-order valence-electron chi connectivity index (χ4n) is 2.91. The van der Waals surface area contributed by atoms with E-state index in [0.717, 1.165) is 25.5 Å². The summed E-state index contributed by atoms with van der Waals surface area (Å²) in [6.07, 6.45) is 4.18. The number of likely N-dealkylation sites (tertiary alicyclic amines) is 1. The van der Waals surface area contributed by atoms with Crippen LogP contribution in [0.4, 0.5) is 5.69 Å².